The average molecular weight is 395 g/mol. The summed E-state index contributed by atoms with van der Waals surface area (Å²) in [5.41, 5.74) is 6.88. The highest BCUT2D eigenvalue weighted by Crippen LogP contribution is 2.27. The number of hydrogen-bond acceptors (Lipinski definition) is 9. The molecule has 3 N–H and O–H groups in total. The molecule has 0 saturated heterocycles. The Bertz CT molecular complexity index is 1070. The van der Waals surface area contributed by atoms with E-state index in [1.165, 1.54) is 18.3 Å². The van der Waals surface area contributed by atoms with Gasteiger partial charge < -0.3 is 15.6 Å². The van der Waals surface area contributed by atoms with E-state index in [9.17, 15) is 8.42 Å². The number of nitrogens with zero attached hydrogens (tertiary/aromatic N) is 4. The van der Waals surface area contributed by atoms with Gasteiger partial charge in [0.1, 0.15) is 11.4 Å². The first kappa shape index (κ1) is 18.1. The zero-order valence-corrected chi connectivity index (χ0v) is 15.5. The summed E-state index contributed by atoms with van der Waals surface area (Å²) in [7, 11) is -3.40. The third-order valence-electron chi connectivity index (χ3n) is 3.42. The van der Waals surface area contributed by atoms with Gasteiger partial charge in [-0.05, 0) is 18.2 Å². The molecule has 2 aromatic heterocycles. The molecule has 0 aliphatic carbocycles. The molecule has 9 nitrogen and oxygen atoms in total. The standard InChI is InChI=1S/C15H15ClN6O3S/c1-3-12-20-14(25-22-12)9-7-18-15(21-13(9)17)19-8-4-5-11(10(16)6-8)26(2,23)24/h4-7H,3H2,1-2H3,(H3,17,18,19,21). The van der Waals surface area contributed by atoms with Crippen molar-refractivity contribution in [2.24, 2.45) is 0 Å². The predicted octanol–water partition coefficient (Wildman–Crippen LogP) is 2.47. The second-order valence-electron chi connectivity index (χ2n) is 5.40. The average Bonchev–Trinajstić information content (AvgIpc) is 3.02. The van der Waals surface area contributed by atoms with Crippen LogP contribution in [-0.4, -0.2) is 34.8 Å². The van der Waals surface area contributed by atoms with Crippen LogP contribution in [0.5, 0.6) is 0 Å². The Morgan fingerprint density at radius 3 is 2.65 bits per heavy atom. The van der Waals surface area contributed by atoms with Gasteiger partial charge in [0, 0.05) is 24.6 Å². The van der Waals surface area contributed by atoms with Gasteiger partial charge >= 0.3 is 0 Å². The molecular weight excluding hydrogens is 380 g/mol. The van der Waals surface area contributed by atoms with Crippen molar-refractivity contribution in [2.75, 3.05) is 17.3 Å². The van der Waals surface area contributed by atoms with Gasteiger partial charge in [-0.15, -0.1) is 0 Å². The fourth-order valence-corrected chi connectivity index (χ4v) is 3.46. The van der Waals surface area contributed by atoms with Crippen LogP contribution in [0.3, 0.4) is 0 Å². The fourth-order valence-electron chi connectivity index (χ4n) is 2.14. The molecule has 2 heterocycles. The zero-order valence-electron chi connectivity index (χ0n) is 13.9. The quantitative estimate of drug-likeness (QED) is 0.668. The summed E-state index contributed by atoms with van der Waals surface area (Å²) >= 11 is 6.02. The maximum absolute atomic E-state index is 11.6. The lowest BCUT2D eigenvalue weighted by molar-refractivity contribution is 0.423. The van der Waals surface area contributed by atoms with Crippen molar-refractivity contribution in [1.82, 2.24) is 20.1 Å². The molecule has 3 aromatic rings. The van der Waals surface area contributed by atoms with E-state index in [1.54, 1.807) is 6.07 Å². The summed E-state index contributed by atoms with van der Waals surface area (Å²) in [6, 6.07) is 4.43. The lowest BCUT2D eigenvalue weighted by Crippen LogP contribution is -2.03. The Kier molecular flexibility index (Phi) is 4.79. The van der Waals surface area contributed by atoms with Crippen molar-refractivity contribution in [3.05, 3.63) is 35.2 Å². The van der Waals surface area contributed by atoms with Gasteiger partial charge in [0.15, 0.2) is 15.7 Å². The van der Waals surface area contributed by atoms with Gasteiger partial charge in [-0.3, -0.25) is 0 Å². The van der Waals surface area contributed by atoms with Gasteiger partial charge in [0.25, 0.3) is 5.89 Å². The molecule has 11 heteroatoms. The molecule has 3 rings (SSSR count). The summed E-state index contributed by atoms with van der Waals surface area (Å²) in [5.74, 6) is 1.17. The smallest absolute Gasteiger partial charge is 0.263 e. The van der Waals surface area contributed by atoms with Gasteiger partial charge in [-0.1, -0.05) is 23.7 Å². The minimum Gasteiger partial charge on any atom is -0.383 e. The Hall–Kier alpha value is -2.72. The molecule has 0 aliphatic heterocycles. The van der Waals surface area contributed by atoms with Crippen LogP contribution >= 0.6 is 11.6 Å². The molecule has 0 unspecified atom stereocenters. The van der Waals surface area contributed by atoms with Crippen LogP contribution in [-0.2, 0) is 16.3 Å². The van der Waals surface area contributed by atoms with E-state index in [-0.39, 0.29) is 27.6 Å². The number of halogens is 1. The van der Waals surface area contributed by atoms with E-state index >= 15 is 0 Å². The van der Waals surface area contributed by atoms with Crippen LogP contribution in [0.4, 0.5) is 17.5 Å². The second-order valence-corrected chi connectivity index (χ2v) is 7.80. The fraction of sp³-hybridized carbons (Fsp3) is 0.200. The summed E-state index contributed by atoms with van der Waals surface area (Å²) in [6.45, 7) is 1.90. The lowest BCUT2D eigenvalue weighted by atomic mass is 10.3. The van der Waals surface area contributed by atoms with Gasteiger partial charge in [0.2, 0.25) is 5.95 Å². The number of aromatic nitrogens is 4. The van der Waals surface area contributed by atoms with Crippen molar-refractivity contribution in [3.63, 3.8) is 0 Å². The van der Waals surface area contributed by atoms with E-state index in [4.69, 9.17) is 21.9 Å². The van der Waals surface area contributed by atoms with Gasteiger partial charge in [-0.2, -0.15) is 9.97 Å². The number of sulfone groups is 1. The first-order chi connectivity index (χ1) is 12.3. The third-order valence-corrected chi connectivity index (χ3v) is 5.00. The lowest BCUT2D eigenvalue weighted by Gasteiger charge is -2.08. The molecule has 1 aromatic carbocycles. The van der Waals surface area contributed by atoms with Crippen LogP contribution in [0.2, 0.25) is 5.02 Å². The van der Waals surface area contributed by atoms with Crippen LogP contribution in [0.1, 0.15) is 12.7 Å². The number of hydrogen-bond donors (Lipinski definition) is 2. The monoisotopic (exact) mass is 394 g/mol. The van der Waals surface area contributed by atoms with Crippen molar-refractivity contribution >= 4 is 38.9 Å². The highest BCUT2D eigenvalue weighted by molar-refractivity contribution is 7.90. The van der Waals surface area contributed by atoms with Crippen molar-refractivity contribution in [2.45, 2.75) is 18.2 Å². The summed E-state index contributed by atoms with van der Waals surface area (Å²) in [6.07, 6.45) is 3.18. The number of benzene rings is 1. The van der Waals surface area contributed by atoms with Crippen LogP contribution in [0.25, 0.3) is 11.5 Å². The Morgan fingerprint density at radius 2 is 2.08 bits per heavy atom. The Labute approximate surface area is 154 Å². The van der Waals surface area contributed by atoms with E-state index in [1.807, 2.05) is 6.92 Å². The van der Waals surface area contributed by atoms with E-state index < -0.39 is 9.84 Å². The Balaban J connectivity index is 1.85. The number of nitrogen functional groups attached to an aromatic ring is 1. The molecule has 0 atom stereocenters. The molecule has 0 radical (unpaired) electrons. The largest absolute Gasteiger partial charge is 0.383 e. The zero-order chi connectivity index (χ0) is 18.9. The number of nitrogens with one attached hydrogen (secondary N) is 1. The van der Waals surface area contributed by atoms with Gasteiger partial charge in [-0.25, -0.2) is 13.4 Å². The molecule has 0 amide bonds. The summed E-state index contributed by atoms with van der Waals surface area (Å²) in [5, 5.41) is 6.81. The normalized spacial score (nSPS) is 11.5. The molecule has 0 bridgehead atoms. The SMILES string of the molecule is CCc1noc(-c2cnc(Nc3ccc(S(C)(=O)=O)c(Cl)c3)nc2N)n1. The van der Waals surface area contributed by atoms with Crippen LogP contribution in [0.15, 0.2) is 33.8 Å². The number of rotatable bonds is 5. The molecule has 0 spiro atoms. The first-order valence-electron chi connectivity index (χ1n) is 7.50. The topological polar surface area (TPSA) is 137 Å². The molecule has 0 saturated carbocycles. The number of anilines is 3. The number of nitrogens with two attached hydrogens (primary N) is 1. The van der Waals surface area contributed by atoms with E-state index in [2.05, 4.69) is 25.4 Å². The second kappa shape index (κ2) is 6.89. The highest BCUT2D eigenvalue weighted by Gasteiger charge is 2.15. The first-order valence-corrected chi connectivity index (χ1v) is 9.77. The van der Waals surface area contributed by atoms with Crippen molar-refractivity contribution in [1.29, 1.82) is 0 Å². The minimum atomic E-state index is -3.40. The van der Waals surface area contributed by atoms with Crippen molar-refractivity contribution in [3.8, 4) is 11.5 Å². The Morgan fingerprint density at radius 1 is 1.31 bits per heavy atom. The molecule has 136 valence electrons. The van der Waals surface area contributed by atoms with Crippen LogP contribution < -0.4 is 11.1 Å². The highest BCUT2D eigenvalue weighted by atomic mass is 35.5. The maximum atomic E-state index is 11.6. The third kappa shape index (κ3) is 3.75. The molecule has 0 aliphatic rings. The molecule has 0 fully saturated rings. The molecule has 26 heavy (non-hydrogen) atoms. The maximum Gasteiger partial charge on any atom is 0.263 e. The van der Waals surface area contributed by atoms with Crippen LogP contribution in [0, 0.1) is 0 Å². The summed E-state index contributed by atoms with van der Waals surface area (Å²) < 4.78 is 28.3. The summed E-state index contributed by atoms with van der Waals surface area (Å²) in [4.78, 5) is 12.5. The predicted molar refractivity (Wildman–Crippen MR) is 97.0 cm³/mol. The molecular formula is C15H15ClN6O3S. The van der Waals surface area contributed by atoms with E-state index in [0.29, 0.717) is 23.5 Å². The minimum absolute atomic E-state index is 0.0450. The van der Waals surface area contributed by atoms with Crippen molar-refractivity contribution < 1.29 is 12.9 Å². The van der Waals surface area contributed by atoms with Gasteiger partial charge in [0.05, 0.1) is 9.92 Å². The number of aryl methyl sites for hydroxylation is 1. The van der Waals surface area contributed by atoms with E-state index in [0.717, 1.165) is 6.26 Å².